The molecule has 0 spiro atoms. The zero-order valence-corrected chi connectivity index (χ0v) is 10.5. The van der Waals surface area contributed by atoms with Gasteiger partial charge in [0.05, 0.1) is 19.1 Å². The molecule has 96 valence electrons. The van der Waals surface area contributed by atoms with Crippen molar-refractivity contribution in [3.05, 3.63) is 0 Å². The summed E-state index contributed by atoms with van der Waals surface area (Å²) in [6, 6.07) is 2.05. The largest absolute Gasteiger partial charge is 0.380 e. The van der Waals surface area contributed by atoms with E-state index < -0.39 is 0 Å². The Morgan fingerprint density at radius 2 is 2.29 bits per heavy atom. The molecule has 0 aliphatic carbocycles. The van der Waals surface area contributed by atoms with Crippen molar-refractivity contribution in [2.24, 2.45) is 0 Å². The highest BCUT2D eigenvalue weighted by atomic mass is 16.5. The summed E-state index contributed by atoms with van der Waals surface area (Å²) in [5, 5.41) is 8.45. The maximum Gasteiger partial charge on any atom is 0.223 e. The molecule has 0 unspecified atom stereocenters. The van der Waals surface area contributed by atoms with Gasteiger partial charge in [-0.25, -0.2) is 0 Å². The molecule has 1 fully saturated rings. The number of rotatable bonds is 5. The number of nitriles is 1. The summed E-state index contributed by atoms with van der Waals surface area (Å²) in [5.74, 6) is 0.116. The second-order valence-corrected chi connectivity index (χ2v) is 4.28. The van der Waals surface area contributed by atoms with Gasteiger partial charge >= 0.3 is 0 Å². The number of hydrogen-bond donors (Lipinski definition) is 0. The fraction of sp³-hybridized carbons (Fsp3) is 0.833. The van der Waals surface area contributed by atoms with Crippen molar-refractivity contribution in [1.82, 2.24) is 9.80 Å². The predicted octanol–water partition coefficient (Wildman–Crippen LogP) is 0.471. The van der Waals surface area contributed by atoms with Crippen LogP contribution in [0.25, 0.3) is 0 Å². The van der Waals surface area contributed by atoms with Crippen LogP contribution in [-0.2, 0) is 9.53 Å². The molecule has 0 aromatic rings. The Labute approximate surface area is 103 Å². The molecule has 0 aromatic heterocycles. The van der Waals surface area contributed by atoms with E-state index in [4.69, 9.17) is 10.00 Å². The Kier molecular flexibility index (Phi) is 6.60. The van der Waals surface area contributed by atoms with Crippen molar-refractivity contribution in [2.75, 3.05) is 46.4 Å². The van der Waals surface area contributed by atoms with Crippen molar-refractivity contribution < 1.29 is 9.53 Å². The van der Waals surface area contributed by atoms with Gasteiger partial charge in [0.2, 0.25) is 5.91 Å². The summed E-state index contributed by atoms with van der Waals surface area (Å²) < 4.78 is 5.36. The number of hydrogen-bond acceptors (Lipinski definition) is 4. The second-order valence-electron chi connectivity index (χ2n) is 4.28. The molecule has 0 N–H and O–H groups in total. The van der Waals surface area contributed by atoms with Gasteiger partial charge in [-0.1, -0.05) is 0 Å². The summed E-state index contributed by atoms with van der Waals surface area (Å²) in [6.45, 7) is 4.83. The van der Waals surface area contributed by atoms with Gasteiger partial charge in [0, 0.05) is 46.3 Å². The highest BCUT2D eigenvalue weighted by Gasteiger charge is 2.13. The molecule has 1 amide bonds. The number of carbonyl (C=O) groups is 1. The van der Waals surface area contributed by atoms with E-state index in [0.29, 0.717) is 19.4 Å². The summed E-state index contributed by atoms with van der Waals surface area (Å²) in [5.41, 5.74) is 0. The van der Waals surface area contributed by atoms with Gasteiger partial charge in [0.15, 0.2) is 0 Å². The second kappa shape index (κ2) is 8.04. The molecule has 0 radical (unpaired) electrons. The summed E-state index contributed by atoms with van der Waals surface area (Å²) in [6.07, 6.45) is 1.97. The quantitative estimate of drug-likeness (QED) is 0.700. The number of ether oxygens (including phenoxy) is 1. The topological polar surface area (TPSA) is 56.6 Å². The molecular weight excluding hydrogens is 218 g/mol. The minimum atomic E-state index is 0.116. The van der Waals surface area contributed by atoms with Gasteiger partial charge in [-0.05, 0) is 6.42 Å². The third-order valence-corrected chi connectivity index (χ3v) is 2.94. The molecule has 0 atom stereocenters. The van der Waals surface area contributed by atoms with E-state index in [2.05, 4.69) is 4.90 Å². The van der Waals surface area contributed by atoms with Gasteiger partial charge in [0.25, 0.3) is 0 Å². The zero-order valence-electron chi connectivity index (χ0n) is 10.5. The summed E-state index contributed by atoms with van der Waals surface area (Å²) >= 11 is 0. The molecule has 1 aliphatic rings. The molecule has 1 rings (SSSR count). The van der Waals surface area contributed by atoms with Gasteiger partial charge < -0.3 is 14.5 Å². The molecule has 5 heteroatoms. The van der Waals surface area contributed by atoms with Crippen molar-refractivity contribution >= 4 is 5.91 Å². The van der Waals surface area contributed by atoms with Crippen LogP contribution in [0.3, 0.4) is 0 Å². The molecule has 5 nitrogen and oxygen atoms in total. The fourth-order valence-electron chi connectivity index (χ4n) is 1.81. The summed E-state index contributed by atoms with van der Waals surface area (Å²) in [4.78, 5) is 15.6. The normalized spacial score (nSPS) is 17.2. The van der Waals surface area contributed by atoms with E-state index >= 15 is 0 Å². The minimum Gasteiger partial charge on any atom is -0.380 e. The van der Waals surface area contributed by atoms with Gasteiger partial charge in [-0.2, -0.15) is 5.26 Å². The smallest absolute Gasteiger partial charge is 0.223 e. The monoisotopic (exact) mass is 239 g/mol. The van der Waals surface area contributed by atoms with Crippen molar-refractivity contribution in [3.63, 3.8) is 0 Å². The van der Waals surface area contributed by atoms with Crippen molar-refractivity contribution in [3.8, 4) is 6.07 Å². The van der Waals surface area contributed by atoms with Crippen LogP contribution >= 0.6 is 0 Å². The van der Waals surface area contributed by atoms with E-state index in [9.17, 15) is 4.79 Å². The first kappa shape index (κ1) is 13.9. The van der Waals surface area contributed by atoms with Crippen LogP contribution < -0.4 is 0 Å². The molecule has 0 aromatic carbocycles. The highest BCUT2D eigenvalue weighted by molar-refractivity contribution is 5.76. The lowest BCUT2D eigenvalue weighted by Crippen LogP contribution is -2.33. The fourth-order valence-corrected chi connectivity index (χ4v) is 1.81. The Bertz CT molecular complexity index is 267. The zero-order chi connectivity index (χ0) is 12.5. The van der Waals surface area contributed by atoms with Crippen LogP contribution in [0, 0.1) is 11.3 Å². The third-order valence-electron chi connectivity index (χ3n) is 2.94. The Balaban J connectivity index is 2.19. The average Bonchev–Trinajstić information content (AvgIpc) is 2.61. The lowest BCUT2D eigenvalue weighted by atomic mass is 10.3. The van der Waals surface area contributed by atoms with Crippen LogP contribution in [0.1, 0.15) is 19.3 Å². The summed E-state index contributed by atoms with van der Waals surface area (Å²) in [7, 11) is 1.76. The predicted molar refractivity (Wildman–Crippen MR) is 64.4 cm³/mol. The molecule has 1 aliphatic heterocycles. The van der Waals surface area contributed by atoms with Gasteiger partial charge in [0.1, 0.15) is 0 Å². The molecular formula is C12H21N3O2. The Morgan fingerprint density at radius 3 is 3.06 bits per heavy atom. The van der Waals surface area contributed by atoms with E-state index in [1.807, 2.05) is 6.07 Å². The van der Waals surface area contributed by atoms with E-state index in [-0.39, 0.29) is 5.91 Å². The number of nitrogens with zero attached hydrogens (tertiary/aromatic N) is 3. The SMILES string of the molecule is CN(CCC#N)C(=O)CCN1CCCOCC1. The number of carbonyl (C=O) groups excluding carboxylic acids is 1. The highest BCUT2D eigenvalue weighted by Crippen LogP contribution is 2.01. The lowest BCUT2D eigenvalue weighted by Gasteiger charge is -2.21. The van der Waals surface area contributed by atoms with Gasteiger partial charge in [-0.15, -0.1) is 0 Å². The van der Waals surface area contributed by atoms with Crippen LogP contribution in [-0.4, -0.2) is 62.1 Å². The lowest BCUT2D eigenvalue weighted by molar-refractivity contribution is -0.130. The molecule has 0 bridgehead atoms. The molecule has 17 heavy (non-hydrogen) atoms. The van der Waals surface area contributed by atoms with Crippen molar-refractivity contribution in [2.45, 2.75) is 19.3 Å². The first-order chi connectivity index (χ1) is 8.24. The van der Waals surface area contributed by atoms with Crippen LogP contribution in [0.5, 0.6) is 0 Å². The average molecular weight is 239 g/mol. The van der Waals surface area contributed by atoms with E-state index in [0.717, 1.165) is 39.3 Å². The van der Waals surface area contributed by atoms with Crippen LogP contribution in [0.4, 0.5) is 0 Å². The first-order valence-electron chi connectivity index (χ1n) is 6.15. The van der Waals surface area contributed by atoms with E-state index in [1.54, 1.807) is 11.9 Å². The van der Waals surface area contributed by atoms with Crippen LogP contribution in [0.15, 0.2) is 0 Å². The minimum absolute atomic E-state index is 0.116. The number of amides is 1. The van der Waals surface area contributed by atoms with Crippen LogP contribution in [0.2, 0.25) is 0 Å². The first-order valence-corrected chi connectivity index (χ1v) is 6.15. The molecule has 1 heterocycles. The Hall–Kier alpha value is -1.12. The van der Waals surface area contributed by atoms with E-state index in [1.165, 1.54) is 0 Å². The molecule has 0 saturated carbocycles. The standard InChI is InChI=1S/C12H21N3O2/c1-14(6-2-5-13)12(16)4-8-15-7-3-10-17-11-9-15/h2-4,6-11H2,1H3. The Morgan fingerprint density at radius 1 is 1.47 bits per heavy atom. The van der Waals surface area contributed by atoms with Crippen molar-refractivity contribution in [1.29, 1.82) is 5.26 Å². The van der Waals surface area contributed by atoms with Gasteiger partial charge in [-0.3, -0.25) is 4.79 Å². The maximum absolute atomic E-state index is 11.7. The third kappa shape index (κ3) is 5.66. The molecule has 1 saturated heterocycles. The maximum atomic E-state index is 11.7.